The average Bonchev–Trinajstić information content (AvgIpc) is 2.17. The molecule has 0 aliphatic rings. The molecule has 0 bridgehead atoms. The maximum absolute atomic E-state index is 8.88. The molecule has 1 aromatic carbocycles. The smallest absolute Gasteiger partial charge is 0.125 e. The van der Waals surface area contributed by atoms with E-state index in [1.807, 2.05) is 32.9 Å². The van der Waals surface area contributed by atoms with Crippen molar-refractivity contribution in [2.45, 2.75) is 26.8 Å². The van der Waals surface area contributed by atoms with E-state index in [0.717, 1.165) is 11.1 Å². The molecule has 1 rings (SSSR count). The highest BCUT2D eigenvalue weighted by atomic mass is 14.9. The average molecular weight is 201 g/mol. The molecule has 0 saturated carbocycles. The molecule has 0 aliphatic heterocycles. The molecule has 0 atom stereocenters. The summed E-state index contributed by atoms with van der Waals surface area (Å²) in [5.74, 6) is 0.487. The number of nitrogens with two attached hydrogens (primary N) is 1. The number of hydrogen-bond acceptors (Lipinski definition) is 2. The summed E-state index contributed by atoms with van der Waals surface area (Å²) in [6.45, 7) is 5.83. The first-order valence-corrected chi connectivity index (χ1v) is 4.89. The van der Waals surface area contributed by atoms with Crippen molar-refractivity contribution in [3.63, 3.8) is 0 Å². The number of nitrogens with zero attached hydrogens (tertiary/aromatic N) is 2. The lowest BCUT2D eigenvalue weighted by molar-refractivity contribution is 0.834. The summed E-state index contributed by atoms with van der Waals surface area (Å²) in [5, 5.41) is 8.88. The van der Waals surface area contributed by atoms with Gasteiger partial charge >= 0.3 is 0 Å². The lowest BCUT2D eigenvalue weighted by Gasteiger charge is -2.05. The Labute approximate surface area is 90.2 Å². The molecule has 15 heavy (non-hydrogen) atoms. The molecule has 0 amide bonds. The van der Waals surface area contributed by atoms with E-state index < -0.39 is 0 Å². The molecule has 78 valence electrons. The van der Waals surface area contributed by atoms with Gasteiger partial charge < -0.3 is 5.73 Å². The van der Waals surface area contributed by atoms with Crippen LogP contribution in [0.5, 0.6) is 0 Å². The molecule has 2 N–H and O–H groups in total. The normalized spacial score (nSPS) is 11.5. The van der Waals surface area contributed by atoms with Crippen molar-refractivity contribution in [1.29, 1.82) is 5.26 Å². The van der Waals surface area contributed by atoms with Crippen molar-refractivity contribution in [3.8, 4) is 6.07 Å². The van der Waals surface area contributed by atoms with E-state index in [-0.39, 0.29) is 6.04 Å². The summed E-state index contributed by atoms with van der Waals surface area (Å²) in [4.78, 5) is 4.24. The third-order valence-electron chi connectivity index (χ3n) is 2.05. The minimum atomic E-state index is 0.164. The van der Waals surface area contributed by atoms with Crippen molar-refractivity contribution >= 4 is 5.84 Å². The molecule has 0 aromatic heterocycles. The van der Waals surface area contributed by atoms with Gasteiger partial charge in [0.05, 0.1) is 11.6 Å². The van der Waals surface area contributed by atoms with Crippen LogP contribution in [0.2, 0.25) is 0 Å². The van der Waals surface area contributed by atoms with Gasteiger partial charge in [-0.1, -0.05) is 12.1 Å². The minimum absolute atomic E-state index is 0.164. The summed E-state index contributed by atoms with van der Waals surface area (Å²) in [6, 6.07) is 7.84. The summed E-state index contributed by atoms with van der Waals surface area (Å²) >= 11 is 0. The summed E-state index contributed by atoms with van der Waals surface area (Å²) < 4.78 is 0. The Kier molecular flexibility index (Phi) is 3.46. The number of benzene rings is 1. The Bertz CT molecular complexity index is 425. The number of hydrogen-bond donors (Lipinski definition) is 1. The molecule has 0 heterocycles. The molecule has 0 saturated heterocycles. The number of aryl methyl sites for hydroxylation is 1. The highest BCUT2D eigenvalue weighted by molar-refractivity contribution is 5.97. The van der Waals surface area contributed by atoms with Gasteiger partial charge in [0.25, 0.3) is 0 Å². The van der Waals surface area contributed by atoms with Gasteiger partial charge in [-0.25, -0.2) is 0 Å². The first-order valence-electron chi connectivity index (χ1n) is 4.89. The largest absolute Gasteiger partial charge is 0.383 e. The first-order chi connectivity index (χ1) is 7.04. The fourth-order valence-electron chi connectivity index (χ4n) is 1.25. The number of nitriles is 1. The van der Waals surface area contributed by atoms with E-state index in [0.29, 0.717) is 11.4 Å². The molecule has 0 unspecified atom stereocenters. The second kappa shape index (κ2) is 4.61. The highest BCUT2D eigenvalue weighted by Crippen LogP contribution is 2.10. The quantitative estimate of drug-likeness (QED) is 0.587. The maximum Gasteiger partial charge on any atom is 0.125 e. The van der Waals surface area contributed by atoms with E-state index in [9.17, 15) is 0 Å². The van der Waals surface area contributed by atoms with Gasteiger partial charge in [0.1, 0.15) is 5.84 Å². The van der Waals surface area contributed by atoms with Gasteiger partial charge in [-0.2, -0.15) is 5.26 Å². The monoisotopic (exact) mass is 201 g/mol. The van der Waals surface area contributed by atoms with Crippen LogP contribution in [0.3, 0.4) is 0 Å². The fraction of sp³-hybridized carbons (Fsp3) is 0.333. The van der Waals surface area contributed by atoms with Crippen LogP contribution in [-0.4, -0.2) is 11.9 Å². The van der Waals surface area contributed by atoms with Crippen LogP contribution < -0.4 is 5.73 Å². The Morgan fingerprint density at radius 1 is 1.47 bits per heavy atom. The summed E-state index contributed by atoms with van der Waals surface area (Å²) in [5.41, 5.74) is 8.23. The van der Waals surface area contributed by atoms with E-state index >= 15 is 0 Å². The van der Waals surface area contributed by atoms with Gasteiger partial charge in [0.2, 0.25) is 0 Å². The number of aliphatic imine (C=N–C) groups is 1. The molecule has 1 aromatic rings. The molecule has 3 nitrogen and oxygen atoms in total. The molecule has 0 spiro atoms. The molecule has 0 radical (unpaired) electrons. The molecule has 3 heteroatoms. The number of amidine groups is 1. The fourth-order valence-corrected chi connectivity index (χ4v) is 1.25. The van der Waals surface area contributed by atoms with Crippen LogP contribution in [-0.2, 0) is 0 Å². The summed E-state index contributed by atoms with van der Waals surface area (Å²) in [6.07, 6.45) is 0. The van der Waals surface area contributed by atoms with Crippen LogP contribution in [0.1, 0.15) is 30.5 Å². The zero-order valence-corrected chi connectivity index (χ0v) is 9.28. The van der Waals surface area contributed by atoms with Crippen LogP contribution in [0.15, 0.2) is 23.2 Å². The van der Waals surface area contributed by atoms with Crippen molar-refractivity contribution in [3.05, 3.63) is 34.9 Å². The van der Waals surface area contributed by atoms with Gasteiger partial charge in [-0.15, -0.1) is 0 Å². The Balaban J connectivity index is 3.13. The van der Waals surface area contributed by atoms with Gasteiger partial charge in [-0.3, -0.25) is 4.99 Å². The predicted octanol–water partition coefficient (Wildman–Crippen LogP) is 1.98. The Hall–Kier alpha value is -1.82. The van der Waals surface area contributed by atoms with Crippen LogP contribution >= 0.6 is 0 Å². The van der Waals surface area contributed by atoms with Crippen molar-refractivity contribution in [2.24, 2.45) is 10.7 Å². The maximum atomic E-state index is 8.88. The Morgan fingerprint density at radius 3 is 2.67 bits per heavy atom. The lowest BCUT2D eigenvalue weighted by atomic mass is 10.1. The second-order valence-corrected chi connectivity index (χ2v) is 3.75. The third-order valence-corrected chi connectivity index (χ3v) is 2.05. The SMILES string of the molecule is Cc1ccc(C(N)=NC(C)C)cc1C#N. The van der Waals surface area contributed by atoms with Crippen molar-refractivity contribution in [1.82, 2.24) is 0 Å². The van der Waals surface area contributed by atoms with E-state index in [1.54, 1.807) is 6.07 Å². The zero-order chi connectivity index (χ0) is 11.4. The molecule has 0 fully saturated rings. The van der Waals surface area contributed by atoms with Crippen molar-refractivity contribution in [2.75, 3.05) is 0 Å². The topological polar surface area (TPSA) is 62.2 Å². The second-order valence-electron chi connectivity index (χ2n) is 3.75. The summed E-state index contributed by atoms with van der Waals surface area (Å²) in [7, 11) is 0. The standard InChI is InChI=1S/C12H15N3/c1-8(2)15-12(14)10-5-4-9(3)11(6-10)7-13/h4-6,8H,1-3H3,(H2,14,15). The van der Waals surface area contributed by atoms with Crippen LogP contribution in [0.4, 0.5) is 0 Å². The van der Waals surface area contributed by atoms with E-state index in [4.69, 9.17) is 11.0 Å². The minimum Gasteiger partial charge on any atom is -0.383 e. The van der Waals surface area contributed by atoms with E-state index in [2.05, 4.69) is 11.1 Å². The predicted molar refractivity (Wildman–Crippen MR) is 61.8 cm³/mol. The van der Waals surface area contributed by atoms with Gasteiger partial charge in [-0.05, 0) is 32.4 Å². The zero-order valence-electron chi connectivity index (χ0n) is 9.28. The van der Waals surface area contributed by atoms with Crippen LogP contribution in [0, 0.1) is 18.3 Å². The third kappa shape index (κ3) is 2.81. The first kappa shape index (κ1) is 11.3. The van der Waals surface area contributed by atoms with Crippen molar-refractivity contribution < 1.29 is 0 Å². The van der Waals surface area contributed by atoms with Gasteiger partial charge in [0, 0.05) is 11.6 Å². The van der Waals surface area contributed by atoms with Gasteiger partial charge in [0.15, 0.2) is 0 Å². The highest BCUT2D eigenvalue weighted by Gasteiger charge is 2.03. The number of rotatable bonds is 2. The van der Waals surface area contributed by atoms with Crippen LogP contribution in [0.25, 0.3) is 0 Å². The molecule has 0 aliphatic carbocycles. The Morgan fingerprint density at radius 2 is 2.13 bits per heavy atom. The van der Waals surface area contributed by atoms with E-state index in [1.165, 1.54) is 0 Å². The molecular formula is C12H15N3. The molecular weight excluding hydrogens is 186 g/mol. The lowest BCUT2D eigenvalue weighted by Crippen LogP contribution is -2.15.